The molecule has 1 saturated carbocycles. The van der Waals surface area contributed by atoms with Crippen molar-refractivity contribution in [2.24, 2.45) is 5.41 Å². The van der Waals surface area contributed by atoms with Crippen LogP contribution in [-0.2, 0) is 6.54 Å². The van der Waals surface area contributed by atoms with E-state index in [1.165, 1.54) is 19.3 Å². The van der Waals surface area contributed by atoms with Crippen molar-refractivity contribution < 1.29 is 14.3 Å². The number of nitrogens with one attached hydrogen (secondary N) is 1. The molecule has 4 nitrogen and oxygen atoms in total. The molecule has 18 heavy (non-hydrogen) atoms. The molecule has 1 aliphatic carbocycles. The Bertz CT molecular complexity index is 448. The maximum atomic E-state index is 10.9. The first-order chi connectivity index (χ1) is 8.37. The van der Waals surface area contributed by atoms with Crippen LogP contribution in [0.2, 0.25) is 0 Å². The van der Waals surface area contributed by atoms with Crippen molar-refractivity contribution in [1.29, 1.82) is 0 Å². The van der Waals surface area contributed by atoms with Gasteiger partial charge in [0.2, 0.25) is 5.76 Å². The summed E-state index contributed by atoms with van der Waals surface area (Å²) in [4.78, 5) is 10.9. The van der Waals surface area contributed by atoms with Crippen LogP contribution in [0.1, 0.15) is 55.0 Å². The van der Waals surface area contributed by atoms with Crippen molar-refractivity contribution in [3.8, 4) is 0 Å². The molecule has 1 fully saturated rings. The minimum atomic E-state index is -0.999. The van der Waals surface area contributed by atoms with Crippen molar-refractivity contribution in [2.45, 2.75) is 52.6 Å². The molecular weight excluding hydrogens is 230 g/mol. The number of aryl methyl sites for hydroxylation is 1. The topological polar surface area (TPSA) is 62.5 Å². The Kier molecular flexibility index (Phi) is 3.48. The molecular formula is C14H21NO3. The maximum absolute atomic E-state index is 10.9. The van der Waals surface area contributed by atoms with E-state index in [2.05, 4.69) is 19.2 Å². The molecule has 1 aromatic heterocycles. The van der Waals surface area contributed by atoms with E-state index in [-0.39, 0.29) is 5.76 Å². The molecule has 4 heteroatoms. The third-order valence-corrected chi connectivity index (χ3v) is 3.70. The fraction of sp³-hybridized carbons (Fsp3) is 0.643. The second-order valence-corrected chi connectivity index (χ2v) is 6.01. The summed E-state index contributed by atoms with van der Waals surface area (Å²) in [5.74, 6) is -0.242. The fourth-order valence-electron chi connectivity index (χ4n) is 2.70. The first kappa shape index (κ1) is 13.1. The number of carboxylic acids is 1. The zero-order valence-electron chi connectivity index (χ0n) is 11.2. The smallest absolute Gasteiger partial charge is 0.372 e. The van der Waals surface area contributed by atoms with E-state index in [1.807, 2.05) is 0 Å². The van der Waals surface area contributed by atoms with Crippen molar-refractivity contribution >= 4 is 5.97 Å². The number of carbonyl (C=O) groups is 1. The molecule has 1 aliphatic rings. The van der Waals surface area contributed by atoms with E-state index in [9.17, 15) is 4.79 Å². The summed E-state index contributed by atoms with van der Waals surface area (Å²) < 4.78 is 5.33. The Hall–Kier alpha value is -1.29. The van der Waals surface area contributed by atoms with E-state index < -0.39 is 5.97 Å². The van der Waals surface area contributed by atoms with E-state index >= 15 is 0 Å². The van der Waals surface area contributed by atoms with Gasteiger partial charge in [-0.3, -0.25) is 0 Å². The Morgan fingerprint density at radius 2 is 2.33 bits per heavy atom. The van der Waals surface area contributed by atoms with Gasteiger partial charge in [0.05, 0.1) is 6.54 Å². The normalized spacial score (nSPS) is 22.3. The van der Waals surface area contributed by atoms with Crippen molar-refractivity contribution in [3.63, 3.8) is 0 Å². The van der Waals surface area contributed by atoms with E-state index in [0.29, 0.717) is 29.3 Å². The third-order valence-electron chi connectivity index (χ3n) is 3.70. The number of hydrogen-bond acceptors (Lipinski definition) is 3. The van der Waals surface area contributed by atoms with Crippen molar-refractivity contribution in [1.82, 2.24) is 5.32 Å². The number of carboxylic acid groups (broad SMARTS) is 1. The molecule has 0 radical (unpaired) electrons. The van der Waals surface area contributed by atoms with Gasteiger partial charge < -0.3 is 14.8 Å². The van der Waals surface area contributed by atoms with Crippen LogP contribution in [0, 0.1) is 12.3 Å². The third kappa shape index (κ3) is 2.93. The highest BCUT2D eigenvalue weighted by Crippen LogP contribution is 2.37. The zero-order valence-corrected chi connectivity index (χ0v) is 11.2. The number of hydrogen-bond donors (Lipinski definition) is 2. The lowest BCUT2D eigenvalue weighted by Crippen LogP contribution is -2.26. The van der Waals surface area contributed by atoms with Gasteiger partial charge in [0.1, 0.15) is 5.76 Å². The summed E-state index contributed by atoms with van der Waals surface area (Å²) in [7, 11) is 0. The summed E-state index contributed by atoms with van der Waals surface area (Å²) in [5, 5.41) is 12.4. The highest BCUT2D eigenvalue weighted by Gasteiger charge is 2.30. The first-order valence-electron chi connectivity index (χ1n) is 6.43. The largest absolute Gasteiger partial charge is 0.475 e. The van der Waals surface area contributed by atoms with Crippen molar-refractivity contribution in [3.05, 3.63) is 23.2 Å². The van der Waals surface area contributed by atoms with E-state index in [1.54, 1.807) is 13.0 Å². The Morgan fingerprint density at radius 1 is 1.61 bits per heavy atom. The van der Waals surface area contributed by atoms with Crippen LogP contribution in [0.15, 0.2) is 10.5 Å². The summed E-state index contributed by atoms with van der Waals surface area (Å²) in [5.41, 5.74) is 1.11. The molecule has 2 N–H and O–H groups in total. The highest BCUT2D eigenvalue weighted by atomic mass is 16.4. The first-order valence-corrected chi connectivity index (χ1v) is 6.43. The standard InChI is InChI=1S/C14H21NO3/c1-9-6-11(18-12(9)13(16)17)8-15-10-4-5-14(2,3)7-10/h6,10,15H,4-5,7-8H2,1-3H3,(H,16,17). The molecule has 1 atom stereocenters. The van der Waals surface area contributed by atoms with Crippen LogP contribution >= 0.6 is 0 Å². The Morgan fingerprint density at radius 3 is 2.83 bits per heavy atom. The molecule has 0 aromatic carbocycles. The highest BCUT2D eigenvalue weighted by molar-refractivity contribution is 5.86. The number of furan rings is 1. The lowest BCUT2D eigenvalue weighted by molar-refractivity contribution is 0.0659. The average Bonchev–Trinajstić information content (AvgIpc) is 2.79. The van der Waals surface area contributed by atoms with Crippen LogP contribution in [0.3, 0.4) is 0 Å². The molecule has 2 rings (SSSR count). The Labute approximate surface area is 107 Å². The predicted octanol–water partition coefficient (Wildman–Crippen LogP) is 2.95. The second kappa shape index (κ2) is 4.76. The molecule has 0 aliphatic heterocycles. The van der Waals surface area contributed by atoms with Crippen LogP contribution in [-0.4, -0.2) is 17.1 Å². The van der Waals surface area contributed by atoms with Crippen LogP contribution in [0.25, 0.3) is 0 Å². The SMILES string of the molecule is Cc1cc(CNC2CCC(C)(C)C2)oc1C(=O)O. The molecule has 1 unspecified atom stereocenters. The maximum Gasteiger partial charge on any atom is 0.372 e. The molecule has 1 aromatic rings. The monoisotopic (exact) mass is 251 g/mol. The summed E-state index contributed by atoms with van der Waals surface area (Å²) >= 11 is 0. The minimum Gasteiger partial charge on any atom is -0.475 e. The predicted molar refractivity (Wildman–Crippen MR) is 68.7 cm³/mol. The average molecular weight is 251 g/mol. The summed E-state index contributed by atoms with van der Waals surface area (Å²) in [6.07, 6.45) is 3.58. The van der Waals surface area contributed by atoms with Gasteiger partial charge in [0.25, 0.3) is 0 Å². The minimum absolute atomic E-state index is 0.0542. The van der Waals surface area contributed by atoms with Gasteiger partial charge in [-0.05, 0) is 37.7 Å². The lowest BCUT2D eigenvalue weighted by atomic mass is 9.92. The van der Waals surface area contributed by atoms with Crippen LogP contribution in [0.5, 0.6) is 0 Å². The van der Waals surface area contributed by atoms with Gasteiger partial charge in [-0.1, -0.05) is 13.8 Å². The zero-order chi connectivity index (χ0) is 13.3. The molecule has 100 valence electrons. The number of rotatable bonds is 4. The molecule has 0 saturated heterocycles. The van der Waals surface area contributed by atoms with Gasteiger partial charge in [-0.15, -0.1) is 0 Å². The van der Waals surface area contributed by atoms with Gasteiger partial charge in [-0.2, -0.15) is 0 Å². The molecule has 1 heterocycles. The van der Waals surface area contributed by atoms with Gasteiger partial charge in [0, 0.05) is 11.6 Å². The van der Waals surface area contributed by atoms with Gasteiger partial charge in [0.15, 0.2) is 0 Å². The molecule has 0 amide bonds. The summed E-state index contributed by atoms with van der Waals surface area (Å²) in [6.45, 7) is 6.94. The summed E-state index contributed by atoms with van der Waals surface area (Å²) in [6, 6.07) is 2.31. The van der Waals surface area contributed by atoms with Crippen LogP contribution < -0.4 is 5.32 Å². The van der Waals surface area contributed by atoms with Crippen LogP contribution in [0.4, 0.5) is 0 Å². The number of aromatic carboxylic acids is 1. The fourth-order valence-corrected chi connectivity index (χ4v) is 2.70. The molecule has 0 spiro atoms. The lowest BCUT2D eigenvalue weighted by Gasteiger charge is -2.17. The van der Waals surface area contributed by atoms with Gasteiger partial charge >= 0.3 is 5.97 Å². The van der Waals surface area contributed by atoms with Crippen molar-refractivity contribution in [2.75, 3.05) is 0 Å². The second-order valence-electron chi connectivity index (χ2n) is 6.01. The molecule has 0 bridgehead atoms. The van der Waals surface area contributed by atoms with Gasteiger partial charge in [-0.25, -0.2) is 4.79 Å². The quantitative estimate of drug-likeness (QED) is 0.863. The Balaban J connectivity index is 1.91. The van der Waals surface area contributed by atoms with E-state index in [4.69, 9.17) is 9.52 Å². The van der Waals surface area contributed by atoms with E-state index in [0.717, 1.165) is 0 Å².